The molecular formula is C13H26N2O. The van der Waals surface area contributed by atoms with E-state index in [1.807, 2.05) is 0 Å². The molecule has 1 aliphatic carbocycles. The standard InChI is InChI=1S/C13H26N2O/c1-4-13(9-14,11-5-6-11)15-7-8-16-12(2,3)10-15/h11H,4-10,14H2,1-3H3. The molecule has 3 nitrogen and oxygen atoms in total. The summed E-state index contributed by atoms with van der Waals surface area (Å²) in [6.45, 7) is 10.4. The lowest BCUT2D eigenvalue weighted by molar-refractivity contribution is -0.120. The summed E-state index contributed by atoms with van der Waals surface area (Å²) in [6, 6.07) is 0. The van der Waals surface area contributed by atoms with Gasteiger partial charge in [0.1, 0.15) is 0 Å². The highest BCUT2D eigenvalue weighted by atomic mass is 16.5. The van der Waals surface area contributed by atoms with E-state index in [1.165, 1.54) is 19.3 Å². The van der Waals surface area contributed by atoms with E-state index in [1.54, 1.807) is 0 Å². The lowest BCUT2D eigenvalue weighted by Gasteiger charge is -2.49. The van der Waals surface area contributed by atoms with E-state index in [0.29, 0.717) is 0 Å². The summed E-state index contributed by atoms with van der Waals surface area (Å²) in [5.74, 6) is 0.830. The second-order valence-electron chi connectivity index (χ2n) is 5.97. The van der Waals surface area contributed by atoms with Crippen molar-refractivity contribution in [3.8, 4) is 0 Å². The van der Waals surface area contributed by atoms with E-state index in [9.17, 15) is 0 Å². The predicted molar refractivity (Wildman–Crippen MR) is 66.4 cm³/mol. The lowest BCUT2D eigenvalue weighted by atomic mass is 9.86. The van der Waals surface area contributed by atoms with Gasteiger partial charge in [-0.1, -0.05) is 6.92 Å². The van der Waals surface area contributed by atoms with E-state index in [4.69, 9.17) is 10.5 Å². The van der Waals surface area contributed by atoms with E-state index in [2.05, 4.69) is 25.7 Å². The Bertz CT molecular complexity index is 244. The van der Waals surface area contributed by atoms with Crippen LogP contribution in [0.1, 0.15) is 40.0 Å². The molecule has 0 spiro atoms. The van der Waals surface area contributed by atoms with Gasteiger partial charge >= 0.3 is 0 Å². The topological polar surface area (TPSA) is 38.5 Å². The van der Waals surface area contributed by atoms with Crippen molar-refractivity contribution in [2.75, 3.05) is 26.2 Å². The maximum absolute atomic E-state index is 6.10. The second-order valence-corrected chi connectivity index (χ2v) is 5.97. The lowest BCUT2D eigenvalue weighted by Crippen LogP contribution is -2.62. The van der Waals surface area contributed by atoms with Crippen molar-refractivity contribution in [3.05, 3.63) is 0 Å². The largest absolute Gasteiger partial charge is 0.373 e. The number of morpholine rings is 1. The minimum atomic E-state index is -0.0112. The zero-order chi connectivity index (χ0) is 11.8. The van der Waals surface area contributed by atoms with Crippen molar-refractivity contribution in [1.82, 2.24) is 4.90 Å². The van der Waals surface area contributed by atoms with Crippen LogP contribution < -0.4 is 5.73 Å². The maximum Gasteiger partial charge on any atom is 0.0753 e. The molecule has 2 rings (SSSR count). The van der Waals surface area contributed by atoms with Gasteiger partial charge in [0.25, 0.3) is 0 Å². The molecule has 1 unspecified atom stereocenters. The molecule has 0 aromatic rings. The summed E-state index contributed by atoms with van der Waals surface area (Å²) in [7, 11) is 0. The van der Waals surface area contributed by atoms with Crippen LogP contribution in [-0.2, 0) is 4.74 Å². The SMILES string of the molecule is CCC(CN)(C1CC1)N1CCOC(C)(C)C1. The Balaban J connectivity index is 2.13. The van der Waals surface area contributed by atoms with Crippen LogP contribution in [0.4, 0.5) is 0 Å². The molecule has 1 atom stereocenters. The van der Waals surface area contributed by atoms with Crippen molar-refractivity contribution >= 4 is 0 Å². The molecule has 2 N–H and O–H groups in total. The van der Waals surface area contributed by atoms with Gasteiger partial charge in [0, 0.05) is 25.2 Å². The van der Waals surface area contributed by atoms with Gasteiger partial charge in [-0.25, -0.2) is 0 Å². The van der Waals surface area contributed by atoms with E-state index >= 15 is 0 Å². The molecule has 0 amide bonds. The molecule has 0 radical (unpaired) electrons. The quantitative estimate of drug-likeness (QED) is 0.791. The summed E-state index contributed by atoms with van der Waals surface area (Å²) in [6.07, 6.45) is 3.90. The van der Waals surface area contributed by atoms with E-state index in [-0.39, 0.29) is 11.1 Å². The summed E-state index contributed by atoms with van der Waals surface area (Å²) < 4.78 is 5.80. The van der Waals surface area contributed by atoms with Gasteiger partial charge < -0.3 is 10.5 Å². The van der Waals surface area contributed by atoms with Crippen LogP contribution in [0.3, 0.4) is 0 Å². The second kappa shape index (κ2) is 4.28. The summed E-state index contributed by atoms with van der Waals surface area (Å²) >= 11 is 0. The Kier molecular flexibility index (Phi) is 3.30. The number of nitrogens with two attached hydrogens (primary N) is 1. The number of hydrogen-bond acceptors (Lipinski definition) is 3. The van der Waals surface area contributed by atoms with Crippen LogP contribution in [0.5, 0.6) is 0 Å². The third kappa shape index (κ3) is 2.13. The normalized spacial score (nSPS) is 30.0. The fourth-order valence-electron chi connectivity index (χ4n) is 3.23. The van der Waals surface area contributed by atoms with E-state index < -0.39 is 0 Å². The highest BCUT2D eigenvalue weighted by Crippen LogP contribution is 2.45. The molecule has 0 aromatic heterocycles. The van der Waals surface area contributed by atoms with Gasteiger partial charge in [-0.05, 0) is 39.0 Å². The van der Waals surface area contributed by atoms with Gasteiger partial charge in [0.05, 0.1) is 12.2 Å². The Morgan fingerprint density at radius 3 is 2.56 bits per heavy atom. The van der Waals surface area contributed by atoms with Gasteiger partial charge in [0.2, 0.25) is 0 Å². The molecular weight excluding hydrogens is 200 g/mol. The fourth-order valence-corrected chi connectivity index (χ4v) is 3.23. The van der Waals surface area contributed by atoms with Gasteiger partial charge in [-0.15, -0.1) is 0 Å². The average molecular weight is 226 g/mol. The smallest absolute Gasteiger partial charge is 0.0753 e. The number of hydrogen-bond donors (Lipinski definition) is 1. The van der Waals surface area contributed by atoms with Crippen molar-refractivity contribution in [1.29, 1.82) is 0 Å². The number of rotatable bonds is 4. The van der Waals surface area contributed by atoms with Crippen molar-refractivity contribution in [2.24, 2.45) is 11.7 Å². The highest BCUT2D eigenvalue weighted by molar-refractivity contribution is 5.04. The molecule has 94 valence electrons. The molecule has 1 heterocycles. The molecule has 1 saturated carbocycles. The average Bonchev–Trinajstić information content (AvgIpc) is 3.04. The van der Waals surface area contributed by atoms with E-state index in [0.717, 1.165) is 32.2 Å². The van der Waals surface area contributed by atoms with Crippen LogP contribution in [0.15, 0.2) is 0 Å². The summed E-state index contributed by atoms with van der Waals surface area (Å²) in [4.78, 5) is 2.61. The fraction of sp³-hybridized carbons (Fsp3) is 1.00. The van der Waals surface area contributed by atoms with Crippen molar-refractivity contribution in [3.63, 3.8) is 0 Å². The van der Waals surface area contributed by atoms with Gasteiger partial charge in [0.15, 0.2) is 0 Å². The molecule has 1 saturated heterocycles. The molecule has 2 aliphatic rings. The Morgan fingerprint density at radius 2 is 2.12 bits per heavy atom. The third-order valence-electron chi connectivity index (χ3n) is 4.36. The van der Waals surface area contributed by atoms with Crippen molar-refractivity contribution in [2.45, 2.75) is 51.2 Å². The van der Waals surface area contributed by atoms with Gasteiger partial charge in [-0.2, -0.15) is 0 Å². The number of nitrogens with zero attached hydrogens (tertiary/aromatic N) is 1. The highest BCUT2D eigenvalue weighted by Gasteiger charge is 2.49. The zero-order valence-corrected chi connectivity index (χ0v) is 11.0. The van der Waals surface area contributed by atoms with Crippen LogP contribution in [0, 0.1) is 5.92 Å². The Morgan fingerprint density at radius 1 is 1.44 bits per heavy atom. The molecule has 1 aliphatic heterocycles. The molecule has 3 heteroatoms. The van der Waals surface area contributed by atoms with Gasteiger partial charge in [-0.3, -0.25) is 4.90 Å². The third-order valence-corrected chi connectivity index (χ3v) is 4.36. The van der Waals surface area contributed by atoms with Crippen LogP contribution >= 0.6 is 0 Å². The minimum Gasteiger partial charge on any atom is -0.373 e. The monoisotopic (exact) mass is 226 g/mol. The molecule has 0 aromatic carbocycles. The first-order valence-electron chi connectivity index (χ1n) is 6.63. The summed E-state index contributed by atoms with van der Waals surface area (Å²) in [5.41, 5.74) is 6.34. The van der Waals surface area contributed by atoms with Crippen LogP contribution in [0.2, 0.25) is 0 Å². The molecule has 2 fully saturated rings. The van der Waals surface area contributed by atoms with Crippen molar-refractivity contribution < 1.29 is 4.74 Å². The minimum absolute atomic E-state index is 0.0112. The maximum atomic E-state index is 6.10. The first kappa shape index (κ1) is 12.3. The Hall–Kier alpha value is -0.120. The Labute approximate surface area is 99.3 Å². The summed E-state index contributed by atoms with van der Waals surface area (Å²) in [5, 5.41) is 0. The molecule has 0 bridgehead atoms. The first-order chi connectivity index (χ1) is 7.54. The predicted octanol–water partition coefficient (Wildman–Crippen LogP) is 1.61. The van der Waals surface area contributed by atoms with Crippen LogP contribution in [-0.4, -0.2) is 42.3 Å². The zero-order valence-electron chi connectivity index (χ0n) is 11.0. The molecule has 16 heavy (non-hydrogen) atoms. The van der Waals surface area contributed by atoms with Crippen LogP contribution in [0.25, 0.3) is 0 Å². The number of ether oxygens (including phenoxy) is 1. The first-order valence-corrected chi connectivity index (χ1v) is 6.63.